The number of nitrogens with one attached hydrogen (secondary N) is 1. The zero-order chi connectivity index (χ0) is 10.2. The number of amides is 2. The fourth-order valence-corrected chi connectivity index (χ4v) is 1.40. The highest BCUT2D eigenvalue weighted by Crippen LogP contribution is 2.08. The molecular weight excluding hydrogens is 184 g/mol. The molecular formula is C9H18N2O3. The van der Waals surface area contributed by atoms with Crippen molar-refractivity contribution < 1.29 is 14.4 Å². The lowest BCUT2D eigenvalue weighted by Crippen LogP contribution is -2.43. The molecule has 2 amide bonds. The second-order valence-electron chi connectivity index (χ2n) is 3.30. The first-order valence-electron chi connectivity index (χ1n) is 5.00. The highest BCUT2D eigenvalue weighted by Gasteiger charge is 2.15. The third-order valence-electron chi connectivity index (χ3n) is 2.19. The molecule has 0 aromatic heterocycles. The van der Waals surface area contributed by atoms with Gasteiger partial charge in [-0.25, -0.2) is 10.3 Å². The molecule has 0 aromatic rings. The van der Waals surface area contributed by atoms with Crippen LogP contribution in [0, 0.1) is 0 Å². The summed E-state index contributed by atoms with van der Waals surface area (Å²) < 4.78 is 4.78. The maximum atomic E-state index is 11.4. The van der Waals surface area contributed by atoms with E-state index in [2.05, 4.69) is 5.48 Å². The van der Waals surface area contributed by atoms with Crippen molar-refractivity contribution in [2.45, 2.75) is 19.3 Å². The molecule has 5 nitrogen and oxygen atoms in total. The number of carbonyl (C=O) groups excluding carboxylic acids is 1. The lowest BCUT2D eigenvalue weighted by molar-refractivity contribution is 0.0147. The first-order chi connectivity index (χ1) is 6.84. The molecule has 0 unspecified atom stereocenters. The van der Waals surface area contributed by atoms with E-state index in [1.54, 1.807) is 12.0 Å². The van der Waals surface area contributed by atoms with Crippen LogP contribution in [0.1, 0.15) is 19.3 Å². The molecule has 1 fully saturated rings. The van der Waals surface area contributed by atoms with Crippen LogP contribution in [0.2, 0.25) is 0 Å². The number of hydrogen-bond acceptors (Lipinski definition) is 3. The largest absolute Gasteiger partial charge is 0.382 e. The molecule has 0 aliphatic carbocycles. The Morgan fingerprint density at radius 2 is 2.00 bits per heavy atom. The van der Waals surface area contributed by atoms with Gasteiger partial charge in [-0.3, -0.25) is 4.84 Å². The minimum atomic E-state index is -0.138. The Bertz CT molecular complexity index is 169. The van der Waals surface area contributed by atoms with Crippen molar-refractivity contribution in [1.29, 1.82) is 0 Å². The normalized spacial score (nSPS) is 16.8. The van der Waals surface area contributed by atoms with E-state index in [-0.39, 0.29) is 6.03 Å². The minimum Gasteiger partial charge on any atom is -0.382 e. The number of piperidine rings is 1. The zero-order valence-corrected chi connectivity index (χ0v) is 8.62. The van der Waals surface area contributed by atoms with Crippen LogP contribution in [-0.4, -0.2) is 44.3 Å². The van der Waals surface area contributed by atoms with Gasteiger partial charge in [0, 0.05) is 20.2 Å². The van der Waals surface area contributed by atoms with Gasteiger partial charge in [-0.15, -0.1) is 0 Å². The third-order valence-corrected chi connectivity index (χ3v) is 2.19. The van der Waals surface area contributed by atoms with Gasteiger partial charge in [0.1, 0.15) is 0 Å². The molecule has 1 heterocycles. The molecule has 0 radical (unpaired) electrons. The summed E-state index contributed by atoms with van der Waals surface area (Å²) in [6.07, 6.45) is 3.39. The van der Waals surface area contributed by atoms with Crippen molar-refractivity contribution in [1.82, 2.24) is 10.4 Å². The molecule has 1 rings (SSSR count). The summed E-state index contributed by atoms with van der Waals surface area (Å²) in [6, 6.07) is -0.138. The molecule has 1 N–H and O–H groups in total. The summed E-state index contributed by atoms with van der Waals surface area (Å²) in [4.78, 5) is 18.1. The first kappa shape index (κ1) is 11.3. The SMILES string of the molecule is COCCONC(=O)N1CCCCC1. The summed E-state index contributed by atoms with van der Waals surface area (Å²) in [5.41, 5.74) is 2.39. The van der Waals surface area contributed by atoms with Gasteiger partial charge in [-0.2, -0.15) is 0 Å². The summed E-state index contributed by atoms with van der Waals surface area (Å²) in [5.74, 6) is 0. The van der Waals surface area contributed by atoms with Crippen LogP contribution in [0.15, 0.2) is 0 Å². The number of methoxy groups -OCH3 is 1. The Morgan fingerprint density at radius 1 is 1.29 bits per heavy atom. The van der Waals surface area contributed by atoms with Crippen molar-refractivity contribution in [2.75, 3.05) is 33.4 Å². The Labute approximate surface area is 84.3 Å². The molecule has 0 bridgehead atoms. The predicted molar refractivity (Wildman–Crippen MR) is 51.8 cm³/mol. The van der Waals surface area contributed by atoms with E-state index in [0.717, 1.165) is 25.9 Å². The van der Waals surface area contributed by atoms with Gasteiger partial charge in [0.05, 0.1) is 13.2 Å². The van der Waals surface area contributed by atoms with Gasteiger partial charge in [0.15, 0.2) is 0 Å². The summed E-state index contributed by atoms with van der Waals surface area (Å²) in [5, 5.41) is 0. The van der Waals surface area contributed by atoms with Gasteiger partial charge in [-0.05, 0) is 19.3 Å². The van der Waals surface area contributed by atoms with Gasteiger partial charge in [0.2, 0.25) is 0 Å². The topological polar surface area (TPSA) is 50.8 Å². The van der Waals surface area contributed by atoms with Gasteiger partial charge in [-0.1, -0.05) is 0 Å². The van der Waals surface area contributed by atoms with E-state index in [9.17, 15) is 4.79 Å². The number of hydroxylamine groups is 1. The van der Waals surface area contributed by atoms with Crippen LogP contribution in [0.25, 0.3) is 0 Å². The minimum absolute atomic E-state index is 0.138. The third kappa shape index (κ3) is 3.93. The number of ether oxygens (including phenoxy) is 1. The summed E-state index contributed by atoms with van der Waals surface area (Å²) >= 11 is 0. The van der Waals surface area contributed by atoms with Crippen LogP contribution in [0.3, 0.4) is 0 Å². The van der Waals surface area contributed by atoms with Gasteiger partial charge < -0.3 is 9.64 Å². The van der Waals surface area contributed by atoms with Crippen LogP contribution >= 0.6 is 0 Å². The number of nitrogens with zero attached hydrogens (tertiary/aromatic N) is 1. The quantitative estimate of drug-likeness (QED) is 0.541. The van der Waals surface area contributed by atoms with Crippen LogP contribution in [0.4, 0.5) is 4.79 Å². The first-order valence-corrected chi connectivity index (χ1v) is 5.00. The molecule has 0 spiro atoms. The maximum Gasteiger partial charge on any atom is 0.341 e. The molecule has 82 valence electrons. The Kier molecular flexibility index (Phi) is 5.32. The molecule has 0 saturated carbocycles. The van der Waals surface area contributed by atoms with E-state index in [0.29, 0.717) is 13.2 Å². The molecule has 0 atom stereocenters. The fourth-order valence-electron chi connectivity index (χ4n) is 1.40. The number of hydrogen-bond donors (Lipinski definition) is 1. The number of likely N-dealkylation sites (tertiary alicyclic amines) is 1. The van der Waals surface area contributed by atoms with Gasteiger partial charge in [0.25, 0.3) is 0 Å². The van der Waals surface area contributed by atoms with Crippen molar-refractivity contribution in [3.63, 3.8) is 0 Å². The molecule has 1 aliphatic rings. The molecule has 5 heteroatoms. The fraction of sp³-hybridized carbons (Fsp3) is 0.889. The van der Waals surface area contributed by atoms with E-state index in [1.807, 2.05) is 0 Å². The van der Waals surface area contributed by atoms with E-state index >= 15 is 0 Å². The summed E-state index contributed by atoms with van der Waals surface area (Å²) in [6.45, 7) is 2.54. The van der Waals surface area contributed by atoms with Crippen LogP contribution < -0.4 is 5.48 Å². The van der Waals surface area contributed by atoms with Crippen molar-refractivity contribution >= 4 is 6.03 Å². The molecule has 1 saturated heterocycles. The van der Waals surface area contributed by atoms with Crippen molar-refractivity contribution in [3.05, 3.63) is 0 Å². The average molecular weight is 202 g/mol. The van der Waals surface area contributed by atoms with E-state index in [4.69, 9.17) is 9.57 Å². The van der Waals surface area contributed by atoms with Gasteiger partial charge >= 0.3 is 6.03 Å². The van der Waals surface area contributed by atoms with Crippen LogP contribution in [-0.2, 0) is 9.57 Å². The molecule has 1 aliphatic heterocycles. The average Bonchev–Trinajstić information content (AvgIpc) is 2.25. The standard InChI is InChI=1S/C9H18N2O3/c1-13-7-8-14-10-9(12)11-5-3-2-4-6-11/h2-8H2,1H3,(H,10,12). The van der Waals surface area contributed by atoms with E-state index < -0.39 is 0 Å². The Morgan fingerprint density at radius 3 is 2.64 bits per heavy atom. The van der Waals surface area contributed by atoms with E-state index in [1.165, 1.54) is 6.42 Å². The second kappa shape index (κ2) is 6.62. The molecule has 0 aromatic carbocycles. The highest BCUT2D eigenvalue weighted by atomic mass is 16.7. The smallest absolute Gasteiger partial charge is 0.341 e. The Hall–Kier alpha value is -0.810. The number of urea groups is 1. The van der Waals surface area contributed by atoms with Crippen molar-refractivity contribution in [2.24, 2.45) is 0 Å². The maximum absolute atomic E-state index is 11.4. The van der Waals surface area contributed by atoms with Crippen LogP contribution in [0.5, 0.6) is 0 Å². The van der Waals surface area contributed by atoms with Crippen molar-refractivity contribution in [3.8, 4) is 0 Å². The molecule has 14 heavy (non-hydrogen) atoms. The Balaban J connectivity index is 2.07. The number of carbonyl (C=O) groups is 1. The summed E-state index contributed by atoms with van der Waals surface area (Å²) in [7, 11) is 1.59. The lowest BCUT2D eigenvalue weighted by atomic mass is 10.1. The highest BCUT2D eigenvalue weighted by molar-refractivity contribution is 5.73. The predicted octanol–water partition coefficient (Wildman–Crippen LogP) is 0.760. The zero-order valence-electron chi connectivity index (χ0n) is 8.62. The monoisotopic (exact) mass is 202 g/mol. The second-order valence-corrected chi connectivity index (χ2v) is 3.30. The number of rotatable bonds is 4. The lowest BCUT2D eigenvalue weighted by Gasteiger charge is -2.26.